The summed E-state index contributed by atoms with van der Waals surface area (Å²) in [7, 11) is 0. The van der Waals surface area contributed by atoms with E-state index in [0.717, 1.165) is 12.1 Å². The molecule has 6 heteroatoms. The average molecular weight is 299 g/mol. The lowest BCUT2D eigenvalue weighted by Gasteiger charge is -2.08. The van der Waals surface area contributed by atoms with Crippen molar-refractivity contribution in [3.63, 3.8) is 0 Å². The number of hydrogen-bond donors (Lipinski definition) is 1. The van der Waals surface area contributed by atoms with Crippen LogP contribution in [0.2, 0.25) is 5.02 Å². The molecule has 3 nitrogen and oxygen atoms in total. The van der Waals surface area contributed by atoms with Gasteiger partial charge >= 0.3 is 5.97 Å². The molecule has 2 aromatic rings. The summed E-state index contributed by atoms with van der Waals surface area (Å²) < 4.78 is 31.7. The highest BCUT2D eigenvalue weighted by Gasteiger charge is 2.11. The molecule has 0 bridgehead atoms. The van der Waals surface area contributed by atoms with Crippen LogP contribution in [0, 0.1) is 11.6 Å². The molecule has 104 valence electrons. The molecular weight excluding hydrogens is 290 g/mol. The number of ether oxygens (including phenoxy) is 1. The maximum atomic E-state index is 13.2. The fourth-order valence-corrected chi connectivity index (χ4v) is 1.68. The van der Waals surface area contributed by atoms with Gasteiger partial charge in [0.2, 0.25) is 0 Å². The Balaban J connectivity index is 2.12. The molecule has 0 aromatic heterocycles. The summed E-state index contributed by atoms with van der Waals surface area (Å²) in [4.78, 5) is 10.8. The Morgan fingerprint density at radius 3 is 2.55 bits per heavy atom. The van der Waals surface area contributed by atoms with Crippen molar-refractivity contribution in [1.82, 2.24) is 0 Å². The number of benzene rings is 2. The number of carboxylic acids is 1. The first kappa shape index (κ1) is 14.3. The topological polar surface area (TPSA) is 46.5 Å². The Bertz CT molecular complexity index is 659. The molecule has 0 saturated carbocycles. The van der Waals surface area contributed by atoms with Crippen molar-refractivity contribution >= 4 is 17.6 Å². The normalized spacial score (nSPS) is 10.3. The molecular formula is C14H9ClF2O3. The third-order valence-corrected chi connectivity index (χ3v) is 2.86. The lowest BCUT2D eigenvalue weighted by Crippen LogP contribution is -2.03. The van der Waals surface area contributed by atoms with Gasteiger partial charge in [-0.1, -0.05) is 17.7 Å². The molecule has 0 saturated heterocycles. The summed E-state index contributed by atoms with van der Waals surface area (Å²) in [5.41, 5.74) is 0.0209. The Hall–Kier alpha value is -2.14. The summed E-state index contributed by atoms with van der Waals surface area (Å²) in [6, 6.07) is 7.55. The molecule has 0 heterocycles. The zero-order valence-corrected chi connectivity index (χ0v) is 10.8. The van der Waals surface area contributed by atoms with Crippen LogP contribution < -0.4 is 4.74 Å². The van der Waals surface area contributed by atoms with Crippen LogP contribution in [0.1, 0.15) is 15.9 Å². The molecule has 20 heavy (non-hydrogen) atoms. The van der Waals surface area contributed by atoms with E-state index in [1.165, 1.54) is 24.3 Å². The molecule has 0 spiro atoms. The van der Waals surface area contributed by atoms with Gasteiger partial charge in [-0.3, -0.25) is 0 Å². The van der Waals surface area contributed by atoms with Crippen LogP contribution in [0.25, 0.3) is 0 Å². The zero-order chi connectivity index (χ0) is 14.7. The van der Waals surface area contributed by atoms with E-state index in [2.05, 4.69) is 0 Å². The van der Waals surface area contributed by atoms with Crippen molar-refractivity contribution in [1.29, 1.82) is 0 Å². The predicted octanol–water partition coefficient (Wildman–Crippen LogP) is 3.90. The number of halogens is 3. The smallest absolute Gasteiger partial charge is 0.338 e. The molecule has 0 amide bonds. The highest BCUT2D eigenvalue weighted by Crippen LogP contribution is 2.21. The van der Waals surface area contributed by atoms with Gasteiger partial charge in [0.25, 0.3) is 0 Å². The second-order valence-corrected chi connectivity index (χ2v) is 4.39. The minimum atomic E-state index is -1.36. The number of rotatable bonds is 4. The summed E-state index contributed by atoms with van der Waals surface area (Å²) in [5, 5.41) is 8.78. The van der Waals surface area contributed by atoms with Gasteiger partial charge in [0.1, 0.15) is 24.0 Å². The Labute approximate surface area is 118 Å². The first-order valence-electron chi connectivity index (χ1n) is 5.57. The van der Waals surface area contributed by atoms with E-state index in [1.54, 1.807) is 0 Å². The van der Waals surface area contributed by atoms with E-state index in [0.29, 0.717) is 5.56 Å². The second-order valence-electron chi connectivity index (χ2n) is 3.98. The van der Waals surface area contributed by atoms with Gasteiger partial charge in [0.05, 0.1) is 10.6 Å². The maximum Gasteiger partial charge on any atom is 0.338 e. The van der Waals surface area contributed by atoms with Gasteiger partial charge in [-0.15, -0.1) is 0 Å². The predicted molar refractivity (Wildman–Crippen MR) is 69.1 cm³/mol. The molecule has 0 radical (unpaired) electrons. The summed E-state index contributed by atoms with van der Waals surface area (Å²) in [5.74, 6) is -2.55. The van der Waals surface area contributed by atoms with Crippen LogP contribution in [-0.2, 0) is 6.61 Å². The number of carbonyl (C=O) groups is 1. The van der Waals surface area contributed by atoms with Crippen molar-refractivity contribution in [2.75, 3.05) is 0 Å². The summed E-state index contributed by atoms with van der Waals surface area (Å²) in [6.07, 6.45) is 0. The van der Waals surface area contributed by atoms with Crippen LogP contribution in [0.3, 0.4) is 0 Å². The molecule has 0 aliphatic heterocycles. The second kappa shape index (κ2) is 5.88. The summed E-state index contributed by atoms with van der Waals surface area (Å²) in [6.45, 7) is -0.0123. The van der Waals surface area contributed by atoms with Gasteiger partial charge < -0.3 is 9.84 Å². The van der Waals surface area contributed by atoms with Crippen LogP contribution in [0.5, 0.6) is 5.75 Å². The highest BCUT2D eigenvalue weighted by molar-refractivity contribution is 6.30. The first-order valence-corrected chi connectivity index (χ1v) is 5.95. The third-order valence-electron chi connectivity index (χ3n) is 2.56. The van der Waals surface area contributed by atoms with Crippen molar-refractivity contribution < 1.29 is 23.4 Å². The molecule has 0 fully saturated rings. The fraction of sp³-hybridized carbons (Fsp3) is 0.0714. The first-order chi connectivity index (χ1) is 9.47. The van der Waals surface area contributed by atoms with Crippen LogP contribution in [-0.4, -0.2) is 11.1 Å². The molecule has 0 aliphatic carbocycles. The van der Waals surface area contributed by atoms with E-state index >= 15 is 0 Å². The lowest BCUT2D eigenvalue weighted by atomic mass is 10.1. The SMILES string of the molecule is O=C(O)c1cc(COc2ccc(Cl)c(F)c2)ccc1F. The molecule has 2 aromatic carbocycles. The van der Waals surface area contributed by atoms with Crippen LogP contribution >= 0.6 is 11.6 Å². The molecule has 0 unspecified atom stereocenters. The van der Waals surface area contributed by atoms with E-state index in [-0.39, 0.29) is 17.4 Å². The minimum absolute atomic E-state index is 0.0123. The van der Waals surface area contributed by atoms with Gasteiger partial charge in [-0.25, -0.2) is 13.6 Å². The van der Waals surface area contributed by atoms with Gasteiger partial charge in [0, 0.05) is 6.07 Å². The van der Waals surface area contributed by atoms with Gasteiger partial charge in [0.15, 0.2) is 0 Å². The van der Waals surface area contributed by atoms with Gasteiger partial charge in [-0.2, -0.15) is 0 Å². The minimum Gasteiger partial charge on any atom is -0.489 e. The molecule has 0 atom stereocenters. The largest absolute Gasteiger partial charge is 0.489 e. The van der Waals surface area contributed by atoms with E-state index in [1.807, 2.05) is 0 Å². The number of carboxylic acid groups (broad SMARTS) is 1. The Kier molecular flexibility index (Phi) is 4.20. The molecule has 2 rings (SSSR count). The molecule has 0 aliphatic rings. The maximum absolute atomic E-state index is 13.2. The lowest BCUT2D eigenvalue weighted by molar-refractivity contribution is 0.0691. The van der Waals surface area contributed by atoms with Gasteiger partial charge in [-0.05, 0) is 29.8 Å². The van der Waals surface area contributed by atoms with Crippen LogP contribution in [0.4, 0.5) is 8.78 Å². The van der Waals surface area contributed by atoms with Crippen molar-refractivity contribution in [2.24, 2.45) is 0 Å². The number of aromatic carboxylic acids is 1. The standard InChI is InChI=1S/C14H9ClF2O3/c15-11-3-2-9(6-13(11)17)20-7-8-1-4-12(16)10(5-8)14(18)19/h1-6H,7H2,(H,18,19). The van der Waals surface area contributed by atoms with E-state index < -0.39 is 23.2 Å². The van der Waals surface area contributed by atoms with E-state index in [9.17, 15) is 13.6 Å². The zero-order valence-electron chi connectivity index (χ0n) is 10.1. The monoisotopic (exact) mass is 298 g/mol. The number of hydrogen-bond acceptors (Lipinski definition) is 2. The highest BCUT2D eigenvalue weighted by atomic mass is 35.5. The Morgan fingerprint density at radius 1 is 1.15 bits per heavy atom. The van der Waals surface area contributed by atoms with Crippen molar-refractivity contribution in [3.05, 3.63) is 64.2 Å². The average Bonchev–Trinajstić information content (AvgIpc) is 2.41. The quantitative estimate of drug-likeness (QED) is 0.931. The Morgan fingerprint density at radius 2 is 1.90 bits per heavy atom. The molecule has 1 N–H and O–H groups in total. The van der Waals surface area contributed by atoms with Crippen molar-refractivity contribution in [3.8, 4) is 5.75 Å². The van der Waals surface area contributed by atoms with Crippen LogP contribution in [0.15, 0.2) is 36.4 Å². The summed E-state index contributed by atoms with van der Waals surface area (Å²) >= 11 is 5.53. The van der Waals surface area contributed by atoms with Crippen molar-refractivity contribution in [2.45, 2.75) is 6.61 Å². The third kappa shape index (κ3) is 3.24. The van der Waals surface area contributed by atoms with E-state index in [4.69, 9.17) is 21.4 Å². The fourth-order valence-electron chi connectivity index (χ4n) is 1.56.